The van der Waals surface area contributed by atoms with E-state index in [0.29, 0.717) is 13.2 Å². The van der Waals surface area contributed by atoms with E-state index >= 15 is 0 Å². The van der Waals surface area contributed by atoms with Gasteiger partial charge in [-0.15, -0.1) is 24.0 Å². The van der Waals surface area contributed by atoms with Crippen molar-refractivity contribution in [2.75, 3.05) is 27.2 Å². The zero-order valence-corrected chi connectivity index (χ0v) is 13.1. The molecule has 4 N–H and O–H groups in total. The van der Waals surface area contributed by atoms with Crippen LogP contribution < -0.4 is 16.2 Å². The van der Waals surface area contributed by atoms with Gasteiger partial charge in [-0.3, -0.25) is 0 Å². The molecule has 0 aliphatic heterocycles. The number of halogens is 1. The molecule has 0 aliphatic carbocycles. The quantitative estimate of drug-likeness (QED) is 0.449. The highest BCUT2D eigenvalue weighted by atomic mass is 127. The van der Waals surface area contributed by atoms with Crippen molar-refractivity contribution in [1.29, 1.82) is 0 Å². The molecule has 18 heavy (non-hydrogen) atoms. The molecule has 0 aromatic heterocycles. The Bertz CT molecular complexity index is 378. The summed E-state index contributed by atoms with van der Waals surface area (Å²) in [5, 5.41) is 0. The number of nitrogens with zero attached hydrogens (tertiary/aromatic N) is 2. The first kappa shape index (κ1) is 17.0. The average Bonchev–Trinajstić information content (AvgIpc) is 2.27. The molecule has 0 amide bonds. The van der Waals surface area contributed by atoms with Crippen molar-refractivity contribution in [3.8, 4) is 5.75 Å². The summed E-state index contributed by atoms with van der Waals surface area (Å²) in [6, 6.07) is 7.75. The zero-order valence-electron chi connectivity index (χ0n) is 10.8. The number of guanidine groups is 1. The molecular formula is C12H21IN4O. The van der Waals surface area contributed by atoms with Crippen LogP contribution in [-0.4, -0.2) is 38.1 Å². The highest BCUT2D eigenvalue weighted by Gasteiger charge is 2.02. The van der Waals surface area contributed by atoms with E-state index < -0.39 is 0 Å². The van der Waals surface area contributed by atoms with Crippen molar-refractivity contribution >= 4 is 29.9 Å². The Kier molecular flexibility index (Phi) is 8.47. The Hall–Kier alpha value is -1.02. The maximum absolute atomic E-state index is 5.69. The Balaban J connectivity index is 0.00000289. The molecule has 0 bridgehead atoms. The average molecular weight is 364 g/mol. The van der Waals surface area contributed by atoms with Crippen molar-refractivity contribution < 1.29 is 4.74 Å². The summed E-state index contributed by atoms with van der Waals surface area (Å²) >= 11 is 0. The van der Waals surface area contributed by atoms with E-state index in [1.165, 1.54) is 0 Å². The molecule has 102 valence electrons. The van der Waals surface area contributed by atoms with Gasteiger partial charge in [-0.2, -0.15) is 0 Å². The fraction of sp³-hybridized carbons (Fsp3) is 0.417. The molecule has 0 aliphatic rings. The smallest absolute Gasteiger partial charge is 0.186 e. The highest BCUT2D eigenvalue weighted by Crippen LogP contribution is 2.18. The Morgan fingerprint density at radius 3 is 2.56 bits per heavy atom. The van der Waals surface area contributed by atoms with Crippen molar-refractivity contribution in [1.82, 2.24) is 4.90 Å². The normalized spacial score (nSPS) is 9.72. The van der Waals surface area contributed by atoms with E-state index in [2.05, 4.69) is 9.89 Å². The molecule has 6 heteroatoms. The van der Waals surface area contributed by atoms with Crippen LogP contribution in [0.2, 0.25) is 0 Å². The van der Waals surface area contributed by atoms with Crippen LogP contribution in [-0.2, 0) is 6.54 Å². The van der Waals surface area contributed by atoms with Crippen LogP contribution >= 0.6 is 24.0 Å². The minimum Gasteiger partial charge on any atom is -0.492 e. The summed E-state index contributed by atoms with van der Waals surface area (Å²) in [5.41, 5.74) is 11.6. The van der Waals surface area contributed by atoms with Gasteiger partial charge in [0.05, 0.1) is 6.54 Å². The molecule has 0 radical (unpaired) electrons. The fourth-order valence-corrected chi connectivity index (χ4v) is 1.29. The second kappa shape index (κ2) is 8.98. The van der Waals surface area contributed by atoms with Gasteiger partial charge in [-0.25, -0.2) is 4.99 Å². The summed E-state index contributed by atoms with van der Waals surface area (Å²) in [6.45, 7) is 1.96. The molecule has 0 saturated carbocycles. The second-order valence-electron chi connectivity index (χ2n) is 4.00. The summed E-state index contributed by atoms with van der Waals surface area (Å²) in [4.78, 5) is 6.05. The lowest BCUT2D eigenvalue weighted by atomic mass is 10.2. The monoisotopic (exact) mass is 364 g/mol. The van der Waals surface area contributed by atoms with Crippen LogP contribution in [0.15, 0.2) is 29.3 Å². The molecule has 0 unspecified atom stereocenters. The van der Waals surface area contributed by atoms with Crippen LogP contribution in [0.1, 0.15) is 5.56 Å². The van der Waals surface area contributed by atoms with Gasteiger partial charge in [-0.05, 0) is 20.2 Å². The maximum Gasteiger partial charge on any atom is 0.186 e. The third kappa shape index (κ3) is 6.65. The lowest BCUT2D eigenvalue weighted by Crippen LogP contribution is -2.22. The van der Waals surface area contributed by atoms with Crippen molar-refractivity contribution in [3.63, 3.8) is 0 Å². The molecule has 0 saturated heterocycles. The number of rotatable bonds is 6. The van der Waals surface area contributed by atoms with Gasteiger partial charge >= 0.3 is 0 Å². The van der Waals surface area contributed by atoms with E-state index in [4.69, 9.17) is 16.2 Å². The largest absolute Gasteiger partial charge is 0.492 e. The fourth-order valence-electron chi connectivity index (χ4n) is 1.29. The van der Waals surface area contributed by atoms with Crippen LogP contribution in [0.5, 0.6) is 5.75 Å². The van der Waals surface area contributed by atoms with Crippen molar-refractivity contribution in [2.24, 2.45) is 16.5 Å². The van der Waals surface area contributed by atoms with Crippen LogP contribution in [0.3, 0.4) is 0 Å². The lowest BCUT2D eigenvalue weighted by molar-refractivity contribution is 0.259. The number of likely N-dealkylation sites (N-methyl/N-ethyl adjacent to an activating group) is 1. The van der Waals surface area contributed by atoms with E-state index in [9.17, 15) is 0 Å². The van der Waals surface area contributed by atoms with Gasteiger partial charge in [0.2, 0.25) is 0 Å². The number of para-hydroxylation sites is 1. The molecule has 1 aromatic rings. The second-order valence-corrected chi connectivity index (χ2v) is 4.00. The van der Waals surface area contributed by atoms with Crippen molar-refractivity contribution in [3.05, 3.63) is 29.8 Å². The van der Waals surface area contributed by atoms with Gasteiger partial charge in [0.15, 0.2) is 5.96 Å². The van der Waals surface area contributed by atoms with Gasteiger partial charge < -0.3 is 21.1 Å². The predicted molar refractivity (Wildman–Crippen MR) is 85.4 cm³/mol. The molecule has 1 aromatic carbocycles. The summed E-state index contributed by atoms with van der Waals surface area (Å²) in [5.74, 6) is 0.924. The summed E-state index contributed by atoms with van der Waals surface area (Å²) < 4.78 is 5.69. The van der Waals surface area contributed by atoms with Gasteiger partial charge in [-0.1, -0.05) is 18.2 Å². The number of aliphatic imine (C=N–C) groups is 1. The summed E-state index contributed by atoms with van der Waals surface area (Å²) in [7, 11) is 4.02. The number of hydrogen-bond acceptors (Lipinski definition) is 3. The SMILES string of the molecule is CN(C)CCOc1ccccc1CN=C(N)N.I. The molecular weight excluding hydrogens is 343 g/mol. The third-order valence-corrected chi connectivity index (χ3v) is 2.20. The highest BCUT2D eigenvalue weighted by molar-refractivity contribution is 14.0. The predicted octanol–water partition coefficient (Wildman–Crippen LogP) is 1.02. The first-order valence-electron chi connectivity index (χ1n) is 5.50. The standard InChI is InChI=1S/C12H20N4O.HI/c1-16(2)7-8-17-11-6-4-3-5-10(11)9-15-12(13)14;/h3-6H,7-9H2,1-2H3,(H4,13,14,15);1H. The lowest BCUT2D eigenvalue weighted by Gasteiger charge is -2.13. The van der Waals surface area contributed by atoms with E-state index in [1.54, 1.807) is 0 Å². The first-order valence-corrected chi connectivity index (χ1v) is 5.50. The molecule has 0 heterocycles. The zero-order chi connectivity index (χ0) is 12.7. The minimum absolute atomic E-state index is 0. The van der Waals surface area contributed by atoms with Crippen molar-refractivity contribution in [2.45, 2.75) is 6.54 Å². The van der Waals surface area contributed by atoms with E-state index in [-0.39, 0.29) is 29.9 Å². The third-order valence-electron chi connectivity index (χ3n) is 2.20. The van der Waals surface area contributed by atoms with E-state index in [0.717, 1.165) is 17.9 Å². The van der Waals surface area contributed by atoms with Crippen LogP contribution in [0.4, 0.5) is 0 Å². The number of nitrogens with two attached hydrogens (primary N) is 2. The van der Waals surface area contributed by atoms with Gasteiger partial charge in [0, 0.05) is 12.1 Å². The van der Waals surface area contributed by atoms with Crippen LogP contribution in [0.25, 0.3) is 0 Å². The topological polar surface area (TPSA) is 76.9 Å². The molecule has 0 fully saturated rings. The Morgan fingerprint density at radius 2 is 1.94 bits per heavy atom. The Morgan fingerprint density at radius 1 is 1.28 bits per heavy atom. The summed E-state index contributed by atoms with van der Waals surface area (Å²) in [6.07, 6.45) is 0. The van der Waals surface area contributed by atoms with Crippen LogP contribution in [0, 0.1) is 0 Å². The molecule has 1 rings (SSSR count). The minimum atomic E-state index is 0. The Labute approximate surface area is 125 Å². The first-order chi connectivity index (χ1) is 8.09. The molecule has 5 nitrogen and oxygen atoms in total. The van der Waals surface area contributed by atoms with Gasteiger partial charge in [0.25, 0.3) is 0 Å². The van der Waals surface area contributed by atoms with Gasteiger partial charge in [0.1, 0.15) is 12.4 Å². The maximum atomic E-state index is 5.69. The number of ether oxygens (including phenoxy) is 1. The molecule has 0 spiro atoms. The van der Waals surface area contributed by atoms with E-state index in [1.807, 2.05) is 38.4 Å². The number of benzene rings is 1. The molecule has 0 atom stereocenters. The number of hydrogen-bond donors (Lipinski definition) is 2.